The molecule has 0 aromatic heterocycles. The first kappa shape index (κ1) is 27.3. The van der Waals surface area contributed by atoms with Crippen molar-refractivity contribution in [1.29, 1.82) is 0 Å². The van der Waals surface area contributed by atoms with Crippen molar-refractivity contribution in [2.45, 2.75) is 25.6 Å². The molecule has 0 radical (unpaired) electrons. The molecule has 1 amide bonds. The fourth-order valence-electron chi connectivity index (χ4n) is 3.76. The molecule has 0 unspecified atom stereocenters. The molecule has 0 aliphatic rings. The van der Waals surface area contributed by atoms with Gasteiger partial charge in [0.2, 0.25) is 0 Å². The number of aliphatic hydroxyl groups excluding tert-OH is 1. The number of carbonyl (C=O) groups excluding carboxylic acids is 2. The Morgan fingerprint density at radius 2 is 1.81 bits per heavy atom. The molecule has 0 bridgehead atoms. The van der Waals surface area contributed by atoms with Crippen LogP contribution in [0.5, 0.6) is 5.75 Å². The van der Waals surface area contributed by atoms with E-state index in [0.29, 0.717) is 30.0 Å². The van der Waals surface area contributed by atoms with Gasteiger partial charge in [0.25, 0.3) is 0 Å². The van der Waals surface area contributed by atoms with Gasteiger partial charge in [-0.05, 0) is 36.1 Å². The maximum atomic E-state index is 13.1. The summed E-state index contributed by atoms with van der Waals surface area (Å²) in [7, 11) is 0. The Balaban J connectivity index is 1.85. The van der Waals surface area contributed by atoms with Crippen molar-refractivity contribution in [2.24, 2.45) is 0 Å². The summed E-state index contributed by atoms with van der Waals surface area (Å²) >= 11 is 3.92. The van der Waals surface area contributed by atoms with Gasteiger partial charge in [0.15, 0.2) is 6.10 Å². The topological polar surface area (TPSA) is 103 Å². The lowest BCUT2D eigenvalue weighted by atomic mass is 10.0. The van der Waals surface area contributed by atoms with Crippen molar-refractivity contribution < 1.29 is 33.6 Å². The highest BCUT2D eigenvalue weighted by atomic mass is 32.1. The van der Waals surface area contributed by atoms with Gasteiger partial charge in [-0.3, -0.25) is 10.1 Å². The number of thiol groups is 1. The zero-order valence-electron chi connectivity index (χ0n) is 20.1. The molecule has 36 heavy (non-hydrogen) atoms. The summed E-state index contributed by atoms with van der Waals surface area (Å²) in [6, 6.07) is 20.4. The summed E-state index contributed by atoms with van der Waals surface area (Å²) in [5.41, 5.74) is 1.25. The van der Waals surface area contributed by atoms with Crippen LogP contribution in [-0.2, 0) is 19.0 Å². The highest BCUT2D eigenvalue weighted by Crippen LogP contribution is 2.30. The highest BCUT2D eigenvalue weighted by Gasteiger charge is 2.29. The molecule has 2 atom stereocenters. The Kier molecular flexibility index (Phi) is 10.9. The number of fused-ring (bicyclic) bond motifs is 1. The Morgan fingerprint density at radius 1 is 1.03 bits per heavy atom. The fourth-order valence-corrected chi connectivity index (χ4v) is 3.85. The lowest BCUT2D eigenvalue weighted by Gasteiger charge is -2.28. The highest BCUT2D eigenvalue weighted by molar-refractivity contribution is 7.81. The van der Waals surface area contributed by atoms with E-state index in [1.165, 1.54) is 0 Å². The first-order chi connectivity index (χ1) is 17.5. The van der Waals surface area contributed by atoms with Gasteiger partial charge in [-0.1, -0.05) is 48.5 Å². The second kappa shape index (κ2) is 14.3. The average molecular weight is 514 g/mol. The number of rotatable bonds is 13. The van der Waals surface area contributed by atoms with Crippen LogP contribution < -0.4 is 10.1 Å². The number of ether oxygens (including phenoxy) is 4. The molecule has 0 fully saturated rings. The minimum atomic E-state index is -0.827. The van der Waals surface area contributed by atoms with E-state index in [1.54, 1.807) is 30.3 Å². The third kappa shape index (κ3) is 7.87. The van der Waals surface area contributed by atoms with Crippen molar-refractivity contribution in [3.05, 3.63) is 72.3 Å². The van der Waals surface area contributed by atoms with Crippen molar-refractivity contribution in [3.63, 3.8) is 0 Å². The number of aliphatic hydroxyl groups is 1. The maximum Gasteiger partial charge on any atom is 0.412 e. The number of hydrogen-bond donors (Lipinski definition) is 3. The standard InChI is InChI=1S/C27H31NO7S/c1-2-32-24(13-15-34-25(30)18-36)26(20-9-5-10-21(17-20)33-16-14-29)35-27(31)28-23-12-6-8-19-7-3-4-11-22(19)23/h3-12,17,24,26,29,36H,2,13-16,18H2,1H3,(H,28,31)/t24-,26-/m1/s1. The molecule has 8 nitrogen and oxygen atoms in total. The quantitative estimate of drug-likeness (QED) is 0.223. The first-order valence-electron chi connectivity index (χ1n) is 11.7. The summed E-state index contributed by atoms with van der Waals surface area (Å²) in [6.07, 6.45) is -1.79. The predicted molar refractivity (Wildman–Crippen MR) is 141 cm³/mol. The maximum absolute atomic E-state index is 13.1. The Morgan fingerprint density at radius 3 is 2.58 bits per heavy atom. The lowest BCUT2D eigenvalue weighted by molar-refractivity contribution is -0.142. The number of esters is 1. The van der Waals surface area contributed by atoms with Gasteiger partial charge in [-0.25, -0.2) is 4.79 Å². The molecule has 3 aromatic rings. The SMILES string of the molecule is CCO[C@H](CCOC(=O)CS)[C@H](OC(=O)Nc1cccc2ccccc12)c1cccc(OCCO)c1. The summed E-state index contributed by atoms with van der Waals surface area (Å²) in [4.78, 5) is 24.6. The predicted octanol–water partition coefficient (Wildman–Crippen LogP) is 4.77. The largest absolute Gasteiger partial charge is 0.491 e. The zero-order chi connectivity index (χ0) is 25.8. The van der Waals surface area contributed by atoms with Crippen LogP contribution in [0.25, 0.3) is 10.8 Å². The molecule has 0 heterocycles. The van der Waals surface area contributed by atoms with E-state index in [2.05, 4.69) is 17.9 Å². The molecule has 0 aliphatic carbocycles. The molecule has 2 N–H and O–H groups in total. The fraction of sp³-hybridized carbons (Fsp3) is 0.333. The van der Waals surface area contributed by atoms with Crippen molar-refractivity contribution in [1.82, 2.24) is 0 Å². The van der Waals surface area contributed by atoms with Gasteiger partial charge in [-0.2, -0.15) is 12.6 Å². The van der Waals surface area contributed by atoms with Gasteiger partial charge >= 0.3 is 12.1 Å². The van der Waals surface area contributed by atoms with E-state index in [1.807, 2.05) is 43.3 Å². The van der Waals surface area contributed by atoms with Gasteiger partial charge in [0, 0.05) is 18.4 Å². The minimum absolute atomic E-state index is 0.0308. The molecule has 192 valence electrons. The summed E-state index contributed by atoms with van der Waals surface area (Å²) in [5, 5.41) is 13.8. The smallest absolute Gasteiger partial charge is 0.412 e. The summed E-state index contributed by atoms with van der Waals surface area (Å²) in [5.74, 6) is 0.0391. The van der Waals surface area contributed by atoms with Gasteiger partial charge in [-0.15, -0.1) is 0 Å². The van der Waals surface area contributed by atoms with Crippen LogP contribution in [0.15, 0.2) is 66.7 Å². The van der Waals surface area contributed by atoms with Crippen LogP contribution in [0, 0.1) is 0 Å². The van der Waals surface area contributed by atoms with Crippen molar-refractivity contribution in [2.75, 3.05) is 37.5 Å². The van der Waals surface area contributed by atoms with E-state index in [4.69, 9.17) is 24.1 Å². The number of anilines is 1. The van der Waals surface area contributed by atoms with E-state index < -0.39 is 24.3 Å². The van der Waals surface area contributed by atoms with E-state index in [-0.39, 0.29) is 25.6 Å². The van der Waals surface area contributed by atoms with E-state index in [9.17, 15) is 9.59 Å². The van der Waals surface area contributed by atoms with Gasteiger partial charge < -0.3 is 24.1 Å². The normalized spacial score (nSPS) is 12.5. The zero-order valence-corrected chi connectivity index (χ0v) is 21.0. The summed E-state index contributed by atoms with van der Waals surface area (Å²) in [6.45, 7) is 2.27. The van der Waals surface area contributed by atoms with E-state index >= 15 is 0 Å². The molecule has 3 rings (SSSR count). The number of benzene rings is 3. The third-order valence-electron chi connectivity index (χ3n) is 5.32. The van der Waals surface area contributed by atoms with Crippen LogP contribution >= 0.6 is 12.6 Å². The number of hydrogen-bond acceptors (Lipinski definition) is 8. The van der Waals surface area contributed by atoms with E-state index in [0.717, 1.165) is 10.8 Å². The van der Waals surface area contributed by atoms with Crippen LogP contribution in [0.4, 0.5) is 10.5 Å². The number of nitrogens with one attached hydrogen (secondary N) is 1. The Hall–Kier alpha value is -3.27. The van der Waals surface area contributed by atoms with Crippen molar-refractivity contribution in [3.8, 4) is 5.75 Å². The minimum Gasteiger partial charge on any atom is -0.491 e. The second-order valence-corrected chi connectivity index (χ2v) is 8.10. The Labute approximate surface area is 215 Å². The molecule has 9 heteroatoms. The number of carbonyl (C=O) groups is 2. The molecule has 0 spiro atoms. The third-order valence-corrected chi connectivity index (χ3v) is 5.58. The van der Waals surface area contributed by atoms with Crippen LogP contribution in [0.2, 0.25) is 0 Å². The molecule has 0 saturated carbocycles. The molecular formula is C27H31NO7S. The average Bonchev–Trinajstić information content (AvgIpc) is 2.90. The first-order valence-corrected chi connectivity index (χ1v) is 12.4. The van der Waals surface area contributed by atoms with Gasteiger partial charge in [0.1, 0.15) is 18.5 Å². The Bertz CT molecular complexity index is 1130. The lowest BCUT2D eigenvalue weighted by Crippen LogP contribution is -2.30. The summed E-state index contributed by atoms with van der Waals surface area (Å²) < 4.78 is 22.5. The van der Waals surface area contributed by atoms with Crippen LogP contribution in [0.1, 0.15) is 25.0 Å². The van der Waals surface area contributed by atoms with Crippen molar-refractivity contribution >= 4 is 41.2 Å². The monoisotopic (exact) mass is 513 g/mol. The second-order valence-electron chi connectivity index (χ2n) is 7.78. The molecular weight excluding hydrogens is 482 g/mol. The van der Waals surface area contributed by atoms with Gasteiger partial charge in [0.05, 0.1) is 24.7 Å². The molecule has 0 saturated heterocycles. The number of amides is 1. The molecule has 0 aliphatic heterocycles. The van der Waals surface area contributed by atoms with Crippen LogP contribution in [-0.4, -0.2) is 55.5 Å². The van der Waals surface area contributed by atoms with Crippen LogP contribution in [0.3, 0.4) is 0 Å². The molecule has 3 aromatic carbocycles.